The first-order valence-electron chi connectivity index (χ1n) is 4.79. The average molecular weight is 154 g/mol. The third kappa shape index (κ3) is 1.18. The van der Waals surface area contributed by atoms with Crippen molar-refractivity contribution in [3.05, 3.63) is 0 Å². The van der Waals surface area contributed by atoms with Crippen LogP contribution in [-0.4, -0.2) is 30.6 Å². The Hall–Kier alpha value is -0.0800. The quantitative estimate of drug-likeness (QED) is 0.601. The van der Waals surface area contributed by atoms with Gasteiger partial charge in [0.1, 0.15) is 0 Å². The predicted molar refractivity (Wildman–Crippen MR) is 46.3 cm³/mol. The summed E-state index contributed by atoms with van der Waals surface area (Å²) in [4.78, 5) is 2.54. The van der Waals surface area contributed by atoms with E-state index in [0.29, 0.717) is 6.04 Å². The molecule has 0 radical (unpaired) electrons. The van der Waals surface area contributed by atoms with E-state index in [1.807, 2.05) is 0 Å². The Morgan fingerprint density at radius 3 is 2.82 bits per heavy atom. The van der Waals surface area contributed by atoms with Crippen molar-refractivity contribution in [2.75, 3.05) is 19.6 Å². The van der Waals surface area contributed by atoms with Gasteiger partial charge in [0, 0.05) is 19.1 Å². The van der Waals surface area contributed by atoms with E-state index in [4.69, 9.17) is 5.73 Å². The number of likely N-dealkylation sites (tertiary alicyclic amines) is 1. The molecule has 11 heavy (non-hydrogen) atoms. The molecule has 2 nitrogen and oxygen atoms in total. The van der Waals surface area contributed by atoms with Gasteiger partial charge in [0.05, 0.1) is 0 Å². The first kappa shape index (κ1) is 7.56. The molecule has 1 heterocycles. The van der Waals surface area contributed by atoms with Crippen LogP contribution in [0, 0.1) is 11.8 Å². The van der Waals surface area contributed by atoms with Gasteiger partial charge >= 0.3 is 0 Å². The molecule has 1 aliphatic carbocycles. The summed E-state index contributed by atoms with van der Waals surface area (Å²) in [6.45, 7) is 6.03. The van der Waals surface area contributed by atoms with Gasteiger partial charge in [0.15, 0.2) is 0 Å². The molecule has 0 spiro atoms. The van der Waals surface area contributed by atoms with Gasteiger partial charge in [-0.2, -0.15) is 0 Å². The first-order chi connectivity index (χ1) is 5.31. The lowest BCUT2D eigenvalue weighted by molar-refractivity contribution is 0.322. The molecular formula is C9H18N2. The highest BCUT2D eigenvalue weighted by Gasteiger charge is 2.40. The van der Waals surface area contributed by atoms with Crippen LogP contribution in [0.1, 0.15) is 19.8 Å². The second-order valence-corrected chi connectivity index (χ2v) is 4.02. The zero-order valence-corrected chi connectivity index (χ0v) is 7.29. The van der Waals surface area contributed by atoms with Crippen LogP contribution in [0.15, 0.2) is 0 Å². The highest BCUT2D eigenvalue weighted by Crippen LogP contribution is 2.36. The van der Waals surface area contributed by atoms with Gasteiger partial charge in [0.2, 0.25) is 0 Å². The minimum atomic E-state index is 0.511. The van der Waals surface area contributed by atoms with Crippen LogP contribution in [0.3, 0.4) is 0 Å². The van der Waals surface area contributed by atoms with Gasteiger partial charge in [-0.1, -0.05) is 6.92 Å². The minimum Gasteiger partial charge on any atom is -0.327 e. The molecule has 0 bridgehead atoms. The summed E-state index contributed by atoms with van der Waals surface area (Å²) in [5, 5.41) is 0. The van der Waals surface area contributed by atoms with Gasteiger partial charge in [-0.05, 0) is 31.2 Å². The summed E-state index contributed by atoms with van der Waals surface area (Å²) in [5.41, 5.74) is 6.01. The largest absolute Gasteiger partial charge is 0.327 e. The first-order valence-corrected chi connectivity index (χ1v) is 4.79. The summed E-state index contributed by atoms with van der Waals surface area (Å²) in [7, 11) is 0. The maximum Gasteiger partial charge on any atom is 0.00826 e. The van der Waals surface area contributed by atoms with Crippen LogP contribution in [0.5, 0.6) is 0 Å². The number of nitrogens with zero attached hydrogens (tertiary/aromatic N) is 1. The van der Waals surface area contributed by atoms with Crippen LogP contribution >= 0.6 is 0 Å². The van der Waals surface area contributed by atoms with Crippen LogP contribution in [0.2, 0.25) is 0 Å². The Morgan fingerprint density at radius 2 is 2.18 bits per heavy atom. The molecule has 0 amide bonds. The Bertz CT molecular complexity index is 146. The monoisotopic (exact) mass is 154 g/mol. The fraction of sp³-hybridized carbons (Fsp3) is 1.00. The molecule has 64 valence electrons. The Kier molecular flexibility index (Phi) is 1.90. The minimum absolute atomic E-state index is 0.511. The molecule has 2 aliphatic rings. The normalized spacial score (nSPS) is 44.7. The molecule has 1 aliphatic heterocycles. The standard InChI is InChI=1S/C9H18N2/c1-2-11-5-7-3-4-9(10)8(7)6-11/h7-9H,2-6,10H2,1H3/t7-,8+,9+/m0/s1. The van der Waals surface area contributed by atoms with Crippen LogP contribution in [0.4, 0.5) is 0 Å². The lowest BCUT2D eigenvalue weighted by Gasteiger charge is -2.15. The molecule has 2 N–H and O–H groups in total. The fourth-order valence-corrected chi connectivity index (χ4v) is 2.66. The van der Waals surface area contributed by atoms with Gasteiger partial charge in [-0.3, -0.25) is 0 Å². The summed E-state index contributed by atoms with van der Waals surface area (Å²) >= 11 is 0. The van der Waals surface area contributed by atoms with E-state index < -0.39 is 0 Å². The van der Waals surface area contributed by atoms with E-state index in [1.165, 1.54) is 32.5 Å². The van der Waals surface area contributed by atoms with E-state index in [-0.39, 0.29) is 0 Å². The van der Waals surface area contributed by atoms with Crippen molar-refractivity contribution in [2.24, 2.45) is 17.6 Å². The molecule has 1 saturated heterocycles. The van der Waals surface area contributed by atoms with Gasteiger partial charge in [0.25, 0.3) is 0 Å². The van der Waals surface area contributed by atoms with Gasteiger partial charge in [-0.25, -0.2) is 0 Å². The van der Waals surface area contributed by atoms with Crippen molar-refractivity contribution in [3.63, 3.8) is 0 Å². The van der Waals surface area contributed by atoms with Gasteiger partial charge < -0.3 is 10.6 Å². The summed E-state index contributed by atoms with van der Waals surface area (Å²) in [6, 6.07) is 0.511. The number of hydrogen-bond acceptors (Lipinski definition) is 2. The lowest BCUT2D eigenvalue weighted by Crippen LogP contribution is -2.30. The highest BCUT2D eigenvalue weighted by atomic mass is 15.2. The Balaban J connectivity index is 1.98. The van der Waals surface area contributed by atoms with Gasteiger partial charge in [-0.15, -0.1) is 0 Å². The van der Waals surface area contributed by atoms with E-state index in [2.05, 4.69) is 11.8 Å². The molecule has 2 heteroatoms. The molecule has 3 atom stereocenters. The van der Waals surface area contributed by atoms with Crippen molar-refractivity contribution in [2.45, 2.75) is 25.8 Å². The van der Waals surface area contributed by atoms with E-state index in [1.54, 1.807) is 0 Å². The summed E-state index contributed by atoms with van der Waals surface area (Å²) in [5.74, 6) is 1.76. The van der Waals surface area contributed by atoms with E-state index >= 15 is 0 Å². The number of fused-ring (bicyclic) bond motifs is 1. The molecule has 0 unspecified atom stereocenters. The molecule has 1 saturated carbocycles. The molecule has 2 fully saturated rings. The van der Waals surface area contributed by atoms with Crippen LogP contribution in [0.25, 0.3) is 0 Å². The van der Waals surface area contributed by atoms with Crippen molar-refractivity contribution < 1.29 is 0 Å². The number of hydrogen-bond donors (Lipinski definition) is 1. The highest BCUT2D eigenvalue weighted by molar-refractivity contribution is 4.95. The lowest BCUT2D eigenvalue weighted by atomic mass is 9.98. The second kappa shape index (κ2) is 2.76. The number of rotatable bonds is 1. The predicted octanol–water partition coefficient (Wildman–Crippen LogP) is 0.675. The molecule has 0 aromatic carbocycles. The third-order valence-corrected chi connectivity index (χ3v) is 3.44. The SMILES string of the molecule is CCN1C[C@@H]2CC[C@@H](N)[C@@H]2C1. The molecule has 0 aromatic rings. The average Bonchev–Trinajstić information content (AvgIpc) is 2.53. The van der Waals surface area contributed by atoms with Crippen molar-refractivity contribution in [3.8, 4) is 0 Å². The Morgan fingerprint density at radius 1 is 1.36 bits per heavy atom. The maximum atomic E-state index is 6.01. The van der Waals surface area contributed by atoms with E-state index in [0.717, 1.165) is 11.8 Å². The smallest absolute Gasteiger partial charge is 0.00826 e. The molecular weight excluding hydrogens is 136 g/mol. The summed E-state index contributed by atoms with van der Waals surface area (Å²) < 4.78 is 0. The zero-order valence-electron chi connectivity index (χ0n) is 7.29. The fourth-order valence-electron chi connectivity index (χ4n) is 2.66. The van der Waals surface area contributed by atoms with Crippen molar-refractivity contribution in [1.29, 1.82) is 0 Å². The topological polar surface area (TPSA) is 29.3 Å². The van der Waals surface area contributed by atoms with Crippen molar-refractivity contribution in [1.82, 2.24) is 4.90 Å². The number of nitrogens with two attached hydrogens (primary N) is 1. The van der Waals surface area contributed by atoms with Crippen molar-refractivity contribution >= 4 is 0 Å². The molecule has 2 rings (SSSR count). The Labute approximate surface area is 68.7 Å². The van der Waals surface area contributed by atoms with Crippen LogP contribution in [-0.2, 0) is 0 Å². The maximum absolute atomic E-state index is 6.01. The summed E-state index contributed by atoms with van der Waals surface area (Å²) in [6.07, 6.45) is 2.65. The van der Waals surface area contributed by atoms with E-state index in [9.17, 15) is 0 Å². The third-order valence-electron chi connectivity index (χ3n) is 3.44. The zero-order chi connectivity index (χ0) is 7.84. The molecule has 0 aromatic heterocycles. The van der Waals surface area contributed by atoms with Crippen LogP contribution < -0.4 is 5.73 Å². The second-order valence-electron chi connectivity index (χ2n) is 4.02.